The second-order valence-electron chi connectivity index (χ2n) is 6.84. The van der Waals surface area contributed by atoms with E-state index in [1.165, 1.54) is 6.42 Å². The van der Waals surface area contributed by atoms with Crippen LogP contribution in [0.2, 0.25) is 0 Å². The molecule has 0 saturated heterocycles. The van der Waals surface area contributed by atoms with Crippen LogP contribution in [0.4, 0.5) is 0 Å². The standard InChI is InChI=1S/C19H28N2O3S/c1-15-7-9-17(10-8-15)12-14-25(23,24)20-13-11-19(22)21-18-6-4-3-5-16(18)2/h7-10,12,14,16,18,20H,3-6,11,13H2,1-2H3,(H,21,22)/b14-12+/t16-,18-/m0/s1. The predicted molar refractivity (Wildman–Crippen MR) is 101 cm³/mol. The average molecular weight is 365 g/mol. The van der Waals surface area contributed by atoms with Crippen LogP contribution < -0.4 is 10.0 Å². The monoisotopic (exact) mass is 364 g/mol. The van der Waals surface area contributed by atoms with Gasteiger partial charge in [0.15, 0.2) is 0 Å². The number of aryl methyl sites for hydroxylation is 1. The number of nitrogens with one attached hydrogen (secondary N) is 2. The highest BCUT2D eigenvalue weighted by Gasteiger charge is 2.22. The van der Waals surface area contributed by atoms with Crippen molar-refractivity contribution in [1.29, 1.82) is 0 Å². The zero-order valence-electron chi connectivity index (χ0n) is 15.0. The predicted octanol–water partition coefficient (Wildman–Crippen LogP) is 2.97. The molecule has 1 saturated carbocycles. The van der Waals surface area contributed by atoms with Crippen LogP contribution in [0.15, 0.2) is 29.7 Å². The number of hydrogen-bond donors (Lipinski definition) is 2. The number of carbonyl (C=O) groups excluding carboxylic acids is 1. The number of carbonyl (C=O) groups is 1. The maximum Gasteiger partial charge on any atom is 0.233 e. The Balaban J connectivity index is 1.75. The van der Waals surface area contributed by atoms with E-state index in [2.05, 4.69) is 17.0 Å². The van der Waals surface area contributed by atoms with Gasteiger partial charge in [-0.2, -0.15) is 0 Å². The first-order chi connectivity index (χ1) is 11.9. The molecule has 1 fully saturated rings. The molecule has 1 aromatic rings. The topological polar surface area (TPSA) is 75.3 Å². The second-order valence-corrected chi connectivity index (χ2v) is 8.49. The number of rotatable bonds is 7. The van der Waals surface area contributed by atoms with Crippen LogP contribution in [0, 0.1) is 12.8 Å². The van der Waals surface area contributed by atoms with Crippen molar-refractivity contribution in [2.45, 2.75) is 52.0 Å². The molecule has 1 aliphatic rings. The van der Waals surface area contributed by atoms with E-state index in [1.807, 2.05) is 31.2 Å². The largest absolute Gasteiger partial charge is 0.353 e. The normalized spacial score (nSPS) is 21.4. The fraction of sp³-hybridized carbons (Fsp3) is 0.526. The minimum atomic E-state index is -3.54. The number of hydrogen-bond acceptors (Lipinski definition) is 3. The number of amides is 1. The molecule has 2 N–H and O–H groups in total. The Morgan fingerprint density at radius 3 is 2.56 bits per heavy atom. The van der Waals surface area contributed by atoms with E-state index in [0.717, 1.165) is 35.8 Å². The SMILES string of the molecule is Cc1ccc(/C=C/S(=O)(=O)NCCC(=O)N[C@H]2CCCC[C@@H]2C)cc1. The molecule has 1 amide bonds. The molecule has 2 rings (SSSR count). The lowest BCUT2D eigenvalue weighted by Gasteiger charge is -2.29. The summed E-state index contributed by atoms with van der Waals surface area (Å²) in [4.78, 5) is 12.0. The molecule has 0 aliphatic heterocycles. The summed E-state index contributed by atoms with van der Waals surface area (Å²) in [5.41, 5.74) is 1.94. The first-order valence-corrected chi connectivity index (χ1v) is 10.4. The highest BCUT2D eigenvalue weighted by molar-refractivity contribution is 7.92. The van der Waals surface area contributed by atoms with Crippen molar-refractivity contribution in [2.75, 3.05) is 6.54 Å². The minimum absolute atomic E-state index is 0.0936. The lowest BCUT2D eigenvalue weighted by Crippen LogP contribution is -2.42. The van der Waals surface area contributed by atoms with Crippen LogP contribution in [-0.2, 0) is 14.8 Å². The molecule has 6 heteroatoms. The summed E-state index contributed by atoms with van der Waals surface area (Å²) >= 11 is 0. The molecule has 0 bridgehead atoms. The van der Waals surface area contributed by atoms with Crippen molar-refractivity contribution in [3.8, 4) is 0 Å². The first-order valence-electron chi connectivity index (χ1n) is 8.89. The fourth-order valence-electron chi connectivity index (χ4n) is 3.01. The van der Waals surface area contributed by atoms with Crippen LogP contribution in [-0.4, -0.2) is 26.9 Å². The second kappa shape index (κ2) is 9.15. The molecular weight excluding hydrogens is 336 g/mol. The summed E-state index contributed by atoms with van der Waals surface area (Å²) in [5, 5.41) is 4.16. The van der Waals surface area contributed by atoms with E-state index >= 15 is 0 Å². The molecule has 25 heavy (non-hydrogen) atoms. The van der Waals surface area contributed by atoms with Gasteiger partial charge >= 0.3 is 0 Å². The third-order valence-corrected chi connectivity index (χ3v) is 5.73. The van der Waals surface area contributed by atoms with E-state index in [0.29, 0.717) is 5.92 Å². The van der Waals surface area contributed by atoms with E-state index < -0.39 is 10.0 Å². The van der Waals surface area contributed by atoms with Gasteiger partial charge in [0, 0.05) is 24.4 Å². The van der Waals surface area contributed by atoms with Crippen LogP contribution in [0.25, 0.3) is 6.08 Å². The van der Waals surface area contributed by atoms with Gasteiger partial charge in [-0.1, -0.05) is 49.6 Å². The number of benzene rings is 1. The zero-order chi connectivity index (χ0) is 18.3. The lowest BCUT2D eigenvalue weighted by atomic mass is 9.86. The number of sulfonamides is 1. The third kappa shape index (κ3) is 7.00. The Labute approximate surface area is 151 Å². The van der Waals surface area contributed by atoms with Gasteiger partial charge in [-0.05, 0) is 37.3 Å². The summed E-state index contributed by atoms with van der Waals surface area (Å²) in [6.07, 6.45) is 6.22. The van der Waals surface area contributed by atoms with Crippen molar-refractivity contribution < 1.29 is 13.2 Å². The van der Waals surface area contributed by atoms with Gasteiger partial charge in [0.25, 0.3) is 0 Å². The molecule has 138 valence electrons. The molecule has 2 atom stereocenters. The molecule has 0 heterocycles. The van der Waals surface area contributed by atoms with Crippen molar-refractivity contribution in [1.82, 2.24) is 10.0 Å². The van der Waals surface area contributed by atoms with Crippen LogP contribution in [0.3, 0.4) is 0 Å². The quantitative estimate of drug-likeness (QED) is 0.781. The Bertz CT molecular complexity index is 696. The van der Waals surface area contributed by atoms with Gasteiger partial charge in [-0.3, -0.25) is 4.79 Å². The van der Waals surface area contributed by atoms with Crippen LogP contribution in [0.1, 0.15) is 50.2 Å². The van der Waals surface area contributed by atoms with Gasteiger partial charge in [-0.15, -0.1) is 0 Å². The van der Waals surface area contributed by atoms with Crippen molar-refractivity contribution in [2.24, 2.45) is 5.92 Å². The minimum Gasteiger partial charge on any atom is -0.353 e. The maximum absolute atomic E-state index is 12.0. The molecule has 0 unspecified atom stereocenters. The highest BCUT2D eigenvalue weighted by atomic mass is 32.2. The van der Waals surface area contributed by atoms with Crippen molar-refractivity contribution >= 4 is 22.0 Å². The van der Waals surface area contributed by atoms with E-state index in [1.54, 1.807) is 6.08 Å². The lowest BCUT2D eigenvalue weighted by molar-refractivity contribution is -0.122. The Hall–Kier alpha value is -1.66. The zero-order valence-corrected chi connectivity index (χ0v) is 15.8. The first kappa shape index (κ1) is 19.7. The van der Waals surface area contributed by atoms with Crippen molar-refractivity contribution in [3.05, 3.63) is 40.8 Å². The molecule has 0 spiro atoms. The highest BCUT2D eigenvalue weighted by Crippen LogP contribution is 2.23. The summed E-state index contributed by atoms with van der Waals surface area (Å²) in [6.45, 7) is 4.24. The van der Waals surface area contributed by atoms with Crippen molar-refractivity contribution in [3.63, 3.8) is 0 Å². The molecule has 0 radical (unpaired) electrons. The van der Waals surface area contributed by atoms with E-state index in [4.69, 9.17) is 0 Å². The van der Waals surface area contributed by atoms with Gasteiger partial charge in [-0.25, -0.2) is 13.1 Å². The van der Waals surface area contributed by atoms with Crippen LogP contribution >= 0.6 is 0 Å². The Morgan fingerprint density at radius 2 is 1.88 bits per heavy atom. The Kier molecular flexibility index (Phi) is 7.20. The molecule has 1 aliphatic carbocycles. The maximum atomic E-state index is 12.0. The summed E-state index contributed by atoms with van der Waals surface area (Å²) in [5.74, 6) is 0.399. The van der Waals surface area contributed by atoms with E-state index in [-0.39, 0.29) is 24.9 Å². The molecular formula is C19H28N2O3S. The van der Waals surface area contributed by atoms with E-state index in [9.17, 15) is 13.2 Å². The van der Waals surface area contributed by atoms with Gasteiger partial charge in [0.1, 0.15) is 0 Å². The molecule has 5 nitrogen and oxygen atoms in total. The van der Waals surface area contributed by atoms with Gasteiger partial charge in [0.05, 0.1) is 0 Å². The third-order valence-electron chi connectivity index (χ3n) is 4.63. The van der Waals surface area contributed by atoms with Crippen LogP contribution in [0.5, 0.6) is 0 Å². The molecule has 0 aromatic heterocycles. The summed E-state index contributed by atoms with van der Waals surface area (Å²) in [7, 11) is -3.54. The smallest absolute Gasteiger partial charge is 0.233 e. The summed E-state index contributed by atoms with van der Waals surface area (Å²) in [6, 6.07) is 7.80. The van der Waals surface area contributed by atoms with Gasteiger partial charge in [0.2, 0.25) is 15.9 Å². The molecule has 1 aromatic carbocycles. The average Bonchev–Trinajstić information content (AvgIpc) is 2.56. The van der Waals surface area contributed by atoms with Gasteiger partial charge < -0.3 is 5.32 Å². The fourth-order valence-corrected chi connectivity index (χ4v) is 3.83. The summed E-state index contributed by atoms with van der Waals surface area (Å²) < 4.78 is 26.4. The Morgan fingerprint density at radius 1 is 1.20 bits per heavy atom.